The molecule has 0 amide bonds. The number of hydrazine groups is 1. The first kappa shape index (κ1) is 9.92. The van der Waals surface area contributed by atoms with Gasteiger partial charge in [-0.25, -0.2) is 0 Å². The highest BCUT2D eigenvalue weighted by Gasteiger charge is 2.02. The Morgan fingerprint density at radius 1 is 1.20 bits per heavy atom. The molecule has 2 heteroatoms. The van der Waals surface area contributed by atoms with Crippen molar-refractivity contribution in [2.75, 3.05) is 0 Å². The van der Waals surface area contributed by atoms with Gasteiger partial charge in [0.1, 0.15) is 0 Å². The lowest BCUT2D eigenvalue weighted by molar-refractivity contribution is 0.445. The monoisotopic (exact) mass is 144 g/mol. The molecule has 0 aliphatic rings. The first-order valence-electron chi connectivity index (χ1n) is 4.31. The molecule has 1 atom stereocenters. The maximum Gasteiger partial charge on any atom is 0.0210 e. The molecule has 0 saturated carbocycles. The molecule has 0 bridgehead atoms. The van der Waals surface area contributed by atoms with Gasteiger partial charge in [-0.3, -0.25) is 11.3 Å². The Bertz CT molecular complexity index is 64.3. The van der Waals surface area contributed by atoms with E-state index >= 15 is 0 Å². The van der Waals surface area contributed by atoms with Gasteiger partial charge in [-0.2, -0.15) is 0 Å². The van der Waals surface area contributed by atoms with E-state index in [1.54, 1.807) is 0 Å². The van der Waals surface area contributed by atoms with E-state index in [-0.39, 0.29) is 0 Å². The molecule has 0 rings (SSSR count). The SMILES string of the molecule is CCCCC(CCC)NN. The minimum atomic E-state index is 0.546. The van der Waals surface area contributed by atoms with Gasteiger partial charge in [0.15, 0.2) is 0 Å². The van der Waals surface area contributed by atoms with Crippen molar-refractivity contribution in [1.29, 1.82) is 0 Å². The van der Waals surface area contributed by atoms with Crippen molar-refractivity contribution in [3.8, 4) is 0 Å². The molecule has 0 saturated heterocycles. The molecule has 0 aromatic carbocycles. The van der Waals surface area contributed by atoms with Crippen LogP contribution in [0, 0.1) is 0 Å². The fourth-order valence-corrected chi connectivity index (χ4v) is 1.11. The summed E-state index contributed by atoms with van der Waals surface area (Å²) in [7, 11) is 0. The molecule has 0 radical (unpaired) electrons. The van der Waals surface area contributed by atoms with Gasteiger partial charge in [-0.1, -0.05) is 33.1 Å². The first-order valence-corrected chi connectivity index (χ1v) is 4.31. The van der Waals surface area contributed by atoms with Crippen LogP contribution in [0.2, 0.25) is 0 Å². The minimum absolute atomic E-state index is 0.546. The van der Waals surface area contributed by atoms with Crippen LogP contribution in [0.25, 0.3) is 0 Å². The van der Waals surface area contributed by atoms with Gasteiger partial charge in [0.25, 0.3) is 0 Å². The van der Waals surface area contributed by atoms with Crippen molar-refractivity contribution in [3.05, 3.63) is 0 Å². The summed E-state index contributed by atoms with van der Waals surface area (Å²) in [6, 6.07) is 0.546. The maximum atomic E-state index is 5.35. The molecule has 0 fully saturated rings. The van der Waals surface area contributed by atoms with Crippen LogP contribution in [-0.4, -0.2) is 6.04 Å². The van der Waals surface area contributed by atoms with Crippen molar-refractivity contribution in [1.82, 2.24) is 5.43 Å². The summed E-state index contributed by atoms with van der Waals surface area (Å²) in [5.74, 6) is 5.35. The van der Waals surface area contributed by atoms with Crippen LogP contribution in [0.4, 0.5) is 0 Å². The van der Waals surface area contributed by atoms with E-state index in [0.29, 0.717) is 6.04 Å². The maximum absolute atomic E-state index is 5.35. The van der Waals surface area contributed by atoms with Gasteiger partial charge >= 0.3 is 0 Å². The second-order valence-corrected chi connectivity index (χ2v) is 2.79. The van der Waals surface area contributed by atoms with E-state index in [1.165, 1.54) is 32.1 Å². The molecular formula is C8H20N2. The summed E-state index contributed by atoms with van der Waals surface area (Å²) in [6.45, 7) is 4.40. The van der Waals surface area contributed by atoms with Crippen molar-refractivity contribution < 1.29 is 0 Å². The molecule has 62 valence electrons. The zero-order valence-corrected chi connectivity index (χ0v) is 7.19. The Labute approximate surface area is 64.2 Å². The summed E-state index contributed by atoms with van der Waals surface area (Å²) >= 11 is 0. The average Bonchev–Trinajstić information content (AvgIpc) is 1.98. The molecule has 0 aromatic rings. The van der Waals surface area contributed by atoms with Crippen molar-refractivity contribution in [3.63, 3.8) is 0 Å². The summed E-state index contributed by atoms with van der Waals surface area (Å²) in [5.41, 5.74) is 2.84. The van der Waals surface area contributed by atoms with E-state index in [2.05, 4.69) is 19.3 Å². The topological polar surface area (TPSA) is 38.0 Å². The molecule has 2 nitrogen and oxygen atoms in total. The fraction of sp³-hybridized carbons (Fsp3) is 1.00. The zero-order valence-electron chi connectivity index (χ0n) is 7.19. The van der Waals surface area contributed by atoms with E-state index in [9.17, 15) is 0 Å². The molecule has 0 aromatic heterocycles. The standard InChI is InChI=1S/C8H20N2/c1-3-5-7-8(10-9)6-4-2/h8,10H,3-7,9H2,1-2H3. The van der Waals surface area contributed by atoms with Crippen LogP contribution >= 0.6 is 0 Å². The number of nitrogens with two attached hydrogens (primary N) is 1. The number of unbranched alkanes of at least 4 members (excludes halogenated alkanes) is 1. The van der Waals surface area contributed by atoms with Gasteiger partial charge in [0, 0.05) is 6.04 Å². The fourth-order valence-electron chi connectivity index (χ4n) is 1.11. The predicted molar refractivity (Wildman–Crippen MR) is 45.5 cm³/mol. The lowest BCUT2D eigenvalue weighted by Gasteiger charge is -2.13. The van der Waals surface area contributed by atoms with Crippen LogP contribution in [0.5, 0.6) is 0 Å². The van der Waals surface area contributed by atoms with Gasteiger partial charge in [0.05, 0.1) is 0 Å². The third-order valence-corrected chi connectivity index (χ3v) is 1.78. The lowest BCUT2D eigenvalue weighted by atomic mass is 10.1. The minimum Gasteiger partial charge on any atom is -0.271 e. The Morgan fingerprint density at radius 2 is 1.90 bits per heavy atom. The quantitative estimate of drug-likeness (QED) is 0.441. The van der Waals surface area contributed by atoms with Gasteiger partial charge < -0.3 is 0 Å². The van der Waals surface area contributed by atoms with Crippen LogP contribution < -0.4 is 11.3 Å². The van der Waals surface area contributed by atoms with Crippen molar-refractivity contribution in [2.45, 2.75) is 52.0 Å². The highest BCUT2D eigenvalue weighted by atomic mass is 15.2. The Morgan fingerprint density at radius 3 is 2.30 bits per heavy atom. The highest BCUT2D eigenvalue weighted by Crippen LogP contribution is 2.04. The van der Waals surface area contributed by atoms with Crippen LogP contribution in [0.1, 0.15) is 46.0 Å². The summed E-state index contributed by atoms with van der Waals surface area (Å²) in [5, 5.41) is 0. The van der Waals surface area contributed by atoms with E-state index in [1.807, 2.05) is 0 Å². The van der Waals surface area contributed by atoms with Gasteiger partial charge in [-0.05, 0) is 12.8 Å². The molecule has 1 unspecified atom stereocenters. The number of hydrogen-bond donors (Lipinski definition) is 2. The third kappa shape index (κ3) is 4.77. The summed E-state index contributed by atoms with van der Waals surface area (Å²) in [4.78, 5) is 0. The Hall–Kier alpha value is -0.0800. The highest BCUT2D eigenvalue weighted by molar-refractivity contribution is 4.61. The number of hydrogen-bond acceptors (Lipinski definition) is 2. The second-order valence-electron chi connectivity index (χ2n) is 2.79. The van der Waals surface area contributed by atoms with Crippen LogP contribution in [0.3, 0.4) is 0 Å². The average molecular weight is 144 g/mol. The van der Waals surface area contributed by atoms with E-state index in [4.69, 9.17) is 5.84 Å². The number of nitrogens with one attached hydrogen (secondary N) is 1. The molecule has 10 heavy (non-hydrogen) atoms. The largest absolute Gasteiger partial charge is 0.271 e. The predicted octanol–water partition coefficient (Wildman–Crippen LogP) is 1.81. The van der Waals surface area contributed by atoms with Crippen LogP contribution in [0.15, 0.2) is 0 Å². The van der Waals surface area contributed by atoms with Crippen LogP contribution in [-0.2, 0) is 0 Å². The zero-order chi connectivity index (χ0) is 7.82. The molecular weight excluding hydrogens is 124 g/mol. The van der Waals surface area contributed by atoms with Crippen molar-refractivity contribution >= 4 is 0 Å². The molecule has 3 N–H and O–H groups in total. The molecule has 0 aliphatic carbocycles. The van der Waals surface area contributed by atoms with Gasteiger partial charge in [0.2, 0.25) is 0 Å². The summed E-state index contributed by atoms with van der Waals surface area (Å²) in [6.07, 6.45) is 6.20. The van der Waals surface area contributed by atoms with E-state index < -0.39 is 0 Å². The van der Waals surface area contributed by atoms with E-state index in [0.717, 1.165) is 0 Å². The lowest BCUT2D eigenvalue weighted by Crippen LogP contribution is -2.34. The second kappa shape index (κ2) is 7.03. The Balaban J connectivity index is 3.21. The first-order chi connectivity index (χ1) is 4.85. The number of rotatable bonds is 6. The normalized spacial score (nSPS) is 13.5. The smallest absolute Gasteiger partial charge is 0.0210 e. The third-order valence-electron chi connectivity index (χ3n) is 1.78. The molecule has 0 aliphatic heterocycles. The Kier molecular flexibility index (Phi) is 6.98. The molecule has 0 spiro atoms. The molecule has 0 heterocycles. The summed E-state index contributed by atoms with van der Waals surface area (Å²) < 4.78 is 0. The van der Waals surface area contributed by atoms with Gasteiger partial charge in [-0.15, -0.1) is 0 Å². The van der Waals surface area contributed by atoms with Crippen molar-refractivity contribution in [2.24, 2.45) is 5.84 Å².